The molecular formula is C15H24N2O2. The van der Waals surface area contributed by atoms with E-state index in [1.807, 2.05) is 55.0 Å². The van der Waals surface area contributed by atoms with Crippen LogP contribution in [-0.2, 0) is 4.79 Å². The Bertz CT molecular complexity index is 414. The molecule has 0 saturated carbocycles. The number of aliphatic hydroxyl groups excluding tert-OH is 1. The van der Waals surface area contributed by atoms with Crippen molar-refractivity contribution in [1.29, 1.82) is 0 Å². The van der Waals surface area contributed by atoms with E-state index in [2.05, 4.69) is 0 Å². The third-order valence-electron chi connectivity index (χ3n) is 3.29. The highest BCUT2D eigenvalue weighted by molar-refractivity contribution is 5.81. The van der Waals surface area contributed by atoms with Gasteiger partial charge in [-0.05, 0) is 26.8 Å². The number of carbonyl (C=O) groups excluding carboxylic acids is 1. The number of hydrogen-bond acceptors (Lipinski definition) is 3. The number of amides is 1. The van der Waals surface area contributed by atoms with Crippen LogP contribution < -0.4 is 4.90 Å². The molecule has 1 atom stereocenters. The molecule has 1 N–H and O–H groups in total. The van der Waals surface area contributed by atoms with Crippen molar-refractivity contribution in [3.63, 3.8) is 0 Å². The number of likely N-dealkylation sites (N-methyl/N-ethyl adjacent to an activating group) is 2. The van der Waals surface area contributed by atoms with E-state index in [0.717, 1.165) is 24.3 Å². The van der Waals surface area contributed by atoms with Gasteiger partial charge in [-0.25, -0.2) is 0 Å². The second-order valence-corrected chi connectivity index (χ2v) is 4.66. The van der Waals surface area contributed by atoms with E-state index < -0.39 is 6.10 Å². The first-order valence-corrected chi connectivity index (χ1v) is 6.77. The molecule has 0 aromatic heterocycles. The minimum Gasteiger partial charge on any atom is -0.389 e. The number of nitrogens with zero attached hydrogens (tertiary/aromatic N) is 2. The minimum absolute atomic E-state index is 0.105. The van der Waals surface area contributed by atoms with Crippen molar-refractivity contribution in [3.8, 4) is 0 Å². The Morgan fingerprint density at radius 3 is 2.37 bits per heavy atom. The van der Waals surface area contributed by atoms with Crippen LogP contribution in [0.1, 0.15) is 32.4 Å². The molecule has 4 nitrogen and oxygen atoms in total. The molecule has 0 saturated heterocycles. The summed E-state index contributed by atoms with van der Waals surface area (Å²) in [5.41, 5.74) is 1.75. The number of anilines is 1. The first-order valence-electron chi connectivity index (χ1n) is 6.77. The average Bonchev–Trinajstić information content (AvgIpc) is 2.40. The lowest BCUT2D eigenvalue weighted by molar-refractivity contribution is -0.129. The van der Waals surface area contributed by atoms with Crippen molar-refractivity contribution in [2.45, 2.75) is 26.9 Å². The monoisotopic (exact) mass is 264 g/mol. The molecule has 1 aromatic rings. The van der Waals surface area contributed by atoms with E-state index in [1.54, 1.807) is 6.92 Å². The SMILES string of the molecule is CCN(CC)C(=O)CN(C)c1ccccc1[C@H](C)O. The number of rotatable bonds is 6. The molecule has 0 aliphatic carbocycles. The van der Waals surface area contributed by atoms with Crippen LogP contribution in [0.3, 0.4) is 0 Å². The van der Waals surface area contributed by atoms with Crippen molar-refractivity contribution in [1.82, 2.24) is 4.90 Å². The van der Waals surface area contributed by atoms with E-state index in [9.17, 15) is 9.90 Å². The Labute approximate surface area is 115 Å². The zero-order valence-electron chi connectivity index (χ0n) is 12.3. The molecule has 0 bridgehead atoms. The first-order chi connectivity index (χ1) is 9.01. The summed E-state index contributed by atoms with van der Waals surface area (Å²) in [5.74, 6) is 0.105. The molecule has 1 aromatic carbocycles. The summed E-state index contributed by atoms with van der Waals surface area (Å²) in [6, 6.07) is 7.63. The Morgan fingerprint density at radius 1 is 1.26 bits per heavy atom. The summed E-state index contributed by atoms with van der Waals surface area (Å²) in [4.78, 5) is 15.8. The van der Waals surface area contributed by atoms with Gasteiger partial charge in [-0.2, -0.15) is 0 Å². The fourth-order valence-corrected chi connectivity index (χ4v) is 2.15. The number of para-hydroxylation sites is 1. The fraction of sp³-hybridized carbons (Fsp3) is 0.533. The molecule has 0 spiro atoms. The Hall–Kier alpha value is -1.55. The number of carbonyl (C=O) groups is 1. The van der Waals surface area contributed by atoms with Crippen LogP contribution in [0.5, 0.6) is 0 Å². The van der Waals surface area contributed by atoms with Crippen LogP contribution in [0.25, 0.3) is 0 Å². The molecule has 0 fully saturated rings. The predicted octanol–water partition coefficient (Wildman–Crippen LogP) is 2.04. The second kappa shape index (κ2) is 7.14. The van der Waals surface area contributed by atoms with Crippen LogP contribution in [0, 0.1) is 0 Å². The summed E-state index contributed by atoms with van der Waals surface area (Å²) >= 11 is 0. The Morgan fingerprint density at radius 2 is 1.84 bits per heavy atom. The lowest BCUT2D eigenvalue weighted by atomic mass is 10.1. The quantitative estimate of drug-likeness (QED) is 0.855. The summed E-state index contributed by atoms with van der Waals surface area (Å²) in [7, 11) is 1.88. The van der Waals surface area contributed by atoms with Gasteiger partial charge in [0.15, 0.2) is 0 Å². The lowest BCUT2D eigenvalue weighted by Crippen LogP contribution is -2.39. The van der Waals surface area contributed by atoms with E-state index in [-0.39, 0.29) is 5.91 Å². The van der Waals surface area contributed by atoms with Crippen molar-refractivity contribution < 1.29 is 9.90 Å². The summed E-state index contributed by atoms with van der Waals surface area (Å²) in [6.07, 6.45) is -0.540. The lowest BCUT2D eigenvalue weighted by Gasteiger charge is -2.26. The Kier molecular flexibility index (Phi) is 5.83. The van der Waals surface area contributed by atoms with E-state index in [4.69, 9.17) is 0 Å². The maximum atomic E-state index is 12.1. The zero-order valence-corrected chi connectivity index (χ0v) is 12.3. The molecule has 0 heterocycles. The molecule has 106 valence electrons. The molecule has 1 rings (SSSR count). The van der Waals surface area contributed by atoms with Gasteiger partial charge in [0.25, 0.3) is 0 Å². The fourth-order valence-electron chi connectivity index (χ4n) is 2.15. The molecule has 0 radical (unpaired) electrons. The highest BCUT2D eigenvalue weighted by Gasteiger charge is 2.16. The topological polar surface area (TPSA) is 43.8 Å². The van der Waals surface area contributed by atoms with Crippen LogP contribution >= 0.6 is 0 Å². The highest BCUT2D eigenvalue weighted by Crippen LogP contribution is 2.25. The van der Waals surface area contributed by atoms with Crippen molar-refractivity contribution >= 4 is 11.6 Å². The van der Waals surface area contributed by atoms with Crippen LogP contribution in [-0.4, -0.2) is 42.6 Å². The number of aliphatic hydroxyl groups is 1. The molecule has 4 heteroatoms. The van der Waals surface area contributed by atoms with Crippen molar-refractivity contribution in [2.24, 2.45) is 0 Å². The highest BCUT2D eigenvalue weighted by atomic mass is 16.3. The van der Waals surface area contributed by atoms with Crippen molar-refractivity contribution in [3.05, 3.63) is 29.8 Å². The van der Waals surface area contributed by atoms with E-state index >= 15 is 0 Å². The molecule has 0 aliphatic rings. The van der Waals surface area contributed by atoms with Gasteiger partial charge in [0.05, 0.1) is 12.6 Å². The predicted molar refractivity (Wildman–Crippen MR) is 78.3 cm³/mol. The molecule has 1 amide bonds. The molecule has 0 aliphatic heterocycles. The molecule has 19 heavy (non-hydrogen) atoms. The average molecular weight is 264 g/mol. The zero-order chi connectivity index (χ0) is 14.4. The van der Waals surface area contributed by atoms with Gasteiger partial charge in [0.2, 0.25) is 5.91 Å². The minimum atomic E-state index is -0.540. The number of benzene rings is 1. The standard InChI is InChI=1S/C15H24N2O2/c1-5-17(6-2)15(19)11-16(4)14-10-8-7-9-13(14)12(3)18/h7-10,12,18H,5-6,11H2,1-4H3/t12-/m0/s1. The van der Waals surface area contributed by atoms with E-state index in [0.29, 0.717) is 6.54 Å². The summed E-state index contributed by atoms with van der Waals surface area (Å²) in [6.45, 7) is 7.46. The number of hydrogen-bond donors (Lipinski definition) is 1. The summed E-state index contributed by atoms with van der Waals surface area (Å²) < 4.78 is 0. The van der Waals surface area contributed by atoms with Gasteiger partial charge >= 0.3 is 0 Å². The largest absolute Gasteiger partial charge is 0.389 e. The van der Waals surface area contributed by atoms with Gasteiger partial charge in [0, 0.05) is 31.4 Å². The van der Waals surface area contributed by atoms with Crippen LogP contribution in [0.2, 0.25) is 0 Å². The summed E-state index contributed by atoms with van der Waals surface area (Å²) in [5, 5.41) is 9.77. The Balaban J connectivity index is 2.84. The van der Waals surface area contributed by atoms with Crippen LogP contribution in [0.15, 0.2) is 24.3 Å². The first kappa shape index (κ1) is 15.5. The van der Waals surface area contributed by atoms with Gasteiger partial charge in [-0.3, -0.25) is 4.79 Å². The van der Waals surface area contributed by atoms with Crippen molar-refractivity contribution in [2.75, 3.05) is 31.6 Å². The van der Waals surface area contributed by atoms with Gasteiger partial charge < -0.3 is 14.9 Å². The second-order valence-electron chi connectivity index (χ2n) is 4.66. The van der Waals surface area contributed by atoms with Gasteiger partial charge in [-0.1, -0.05) is 18.2 Å². The van der Waals surface area contributed by atoms with Gasteiger partial charge in [-0.15, -0.1) is 0 Å². The van der Waals surface area contributed by atoms with Gasteiger partial charge in [0.1, 0.15) is 0 Å². The molecular weight excluding hydrogens is 240 g/mol. The third kappa shape index (κ3) is 3.96. The third-order valence-corrected chi connectivity index (χ3v) is 3.29. The molecule has 0 unspecified atom stereocenters. The van der Waals surface area contributed by atoms with Crippen LogP contribution in [0.4, 0.5) is 5.69 Å². The normalized spacial score (nSPS) is 12.1. The smallest absolute Gasteiger partial charge is 0.242 e. The maximum absolute atomic E-state index is 12.1. The van der Waals surface area contributed by atoms with E-state index in [1.165, 1.54) is 0 Å². The maximum Gasteiger partial charge on any atom is 0.242 e.